The molecule has 0 aromatic rings. The van der Waals surface area contributed by atoms with Crippen molar-refractivity contribution in [2.75, 3.05) is 39.3 Å². The van der Waals surface area contributed by atoms with E-state index in [-0.39, 0.29) is 11.8 Å². The Balaban J connectivity index is 1.91. The number of amides is 2. The molecule has 0 unspecified atom stereocenters. The van der Waals surface area contributed by atoms with Crippen molar-refractivity contribution >= 4 is 11.8 Å². The molecule has 1 rings (SSSR count). The van der Waals surface area contributed by atoms with Gasteiger partial charge in [0, 0.05) is 46.1 Å². The van der Waals surface area contributed by atoms with Gasteiger partial charge >= 0.3 is 0 Å². The third kappa shape index (κ3) is 8.05. The lowest BCUT2D eigenvalue weighted by molar-refractivity contribution is -0.130. The quantitative estimate of drug-likeness (QED) is 0.658. The van der Waals surface area contributed by atoms with Gasteiger partial charge in [0.05, 0.1) is 0 Å². The molecule has 2 amide bonds. The lowest BCUT2D eigenvalue weighted by Gasteiger charge is -2.34. The molecule has 1 N–H and O–H groups in total. The Hall–Kier alpha value is -1.10. The topological polar surface area (TPSA) is 52.7 Å². The van der Waals surface area contributed by atoms with Gasteiger partial charge in [0.25, 0.3) is 0 Å². The Morgan fingerprint density at radius 1 is 1.00 bits per heavy atom. The maximum Gasteiger partial charge on any atom is 0.219 e. The molecule has 21 heavy (non-hydrogen) atoms. The van der Waals surface area contributed by atoms with Crippen molar-refractivity contribution in [3.05, 3.63) is 0 Å². The highest BCUT2D eigenvalue weighted by molar-refractivity contribution is 5.75. The molecule has 0 aromatic carbocycles. The van der Waals surface area contributed by atoms with Crippen molar-refractivity contribution in [1.29, 1.82) is 0 Å². The van der Waals surface area contributed by atoms with Gasteiger partial charge in [-0.3, -0.25) is 14.5 Å². The number of carbonyl (C=O) groups excluding carboxylic acids is 2. The van der Waals surface area contributed by atoms with Gasteiger partial charge in [0.15, 0.2) is 0 Å². The Morgan fingerprint density at radius 2 is 1.67 bits per heavy atom. The fraction of sp³-hybridized carbons (Fsp3) is 0.875. The second kappa shape index (κ2) is 10.6. The van der Waals surface area contributed by atoms with Crippen molar-refractivity contribution in [3.63, 3.8) is 0 Å². The molecule has 1 aliphatic rings. The molecular weight excluding hydrogens is 266 g/mol. The summed E-state index contributed by atoms with van der Waals surface area (Å²) in [5.41, 5.74) is 0. The second-order valence-corrected chi connectivity index (χ2v) is 5.86. The summed E-state index contributed by atoms with van der Waals surface area (Å²) in [6.07, 6.45) is 6.25. The van der Waals surface area contributed by atoms with E-state index in [1.54, 1.807) is 6.92 Å². The van der Waals surface area contributed by atoms with Crippen LogP contribution in [0.25, 0.3) is 0 Å². The predicted molar refractivity (Wildman–Crippen MR) is 85.1 cm³/mol. The summed E-state index contributed by atoms with van der Waals surface area (Å²) < 4.78 is 0. The minimum atomic E-state index is 0.181. The van der Waals surface area contributed by atoms with Crippen LogP contribution in [0.5, 0.6) is 0 Å². The van der Waals surface area contributed by atoms with E-state index in [1.807, 2.05) is 11.8 Å². The van der Waals surface area contributed by atoms with Gasteiger partial charge in [0.2, 0.25) is 11.8 Å². The first-order valence-electron chi connectivity index (χ1n) is 8.38. The zero-order chi connectivity index (χ0) is 15.5. The summed E-state index contributed by atoms with van der Waals surface area (Å²) in [4.78, 5) is 26.9. The summed E-state index contributed by atoms with van der Waals surface area (Å²) in [5.74, 6) is 0.376. The first-order valence-corrected chi connectivity index (χ1v) is 8.38. The van der Waals surface area contributed by atoms with Crippen LogP contribution in [0.2, 0.25) is 0 Å². The van der Waals surface area contributed by atoms with Crippen molar-refractivity contribution in [1.82, 2.24) is 15.1 Å². The third-order valence-corrected chi connectivity index (χ3v) is 4.02. The van der Waals surface area contributed by atoms with Crippen LogP contribution < -0.4 is 5.32 Å². The van der Waals surface area contributed by atoms with E-state index in [0.717, 1.165) is 52.1 Å². The molecule has 5 heteroatoms. The number of hydrogen-bond acceptors (Lipinski definition) is 3. The second-order valence-electron chi connectivity index (χ2n) is 5.86. The van der Waals surface area contributed by atoms with Crippen molar-refractivity contribution in [2.24, 2.45) is 0 Å². The lowest BCUT2D eigenvalue weighted by Crippen LogP contribution is -2.48. The highest BCUT2D eigenvalue weighted by atomic mass is 16.2. The first-order chi connectivity index (χ1) is 10.1. The minimum Gasteiger partial charge on any atom is -0.356 e. The van der Waals surface area contributed by atoms with Crippen LogP contribution in [0.15, 0.2) is 0 Å². The molecule has 0 atom stereocenters. The fourth-order valence-corrected chi connectivity index (χ4v) is 2.64. The maximum absolute atomic E-state index is 11.3. The Morgan fingerprint density at radius 3 is 2.29 bits per heavy atom. The molecule has 0 radical (unpaired) electrons. The van der Waals surface area contributed by atoms with Gasteiger partial charge < -0.3 is 10.2 Å². The summed E-state index contributed by atoms with van der Waals surface area (Å²) in [5, 5.41) is 2.95. The van der Waals surface area contributed by atoms with E-state index < -0.39 is 0 Å². The van der Waals surface area contributed by atoms with Gasteiger partial charge in [0.1, 0.15) is 0 Å². The zero-order valence-corrected chi connectivity index (χ0v) is 13.7. The molecule has 1 fully saturated rings. The molecule has 0 aliphatic carbocycles. The molecule has 1 saturated heterocycles. The molecule has 1 heterocycles. The zero-order valence-electron chi connectivity index (χ0n) is 13.7. The van der Waals surface area contributed by atoms with Crippen LogP contribution in [0.3, 0.4) is 0 Å². The predicted octanol–water partition coefficient (Wildman–Crippen LogP) is 1.63. The number of rotatable bonds is 9. The SMILES string of the molecule is CCCC(=O)NCCCCCCN1CCN(C(C)=O)CC1. The summed E-state index contributed by atoms with van der Waals surface area (Å²) >= 11 is 0. The van der Waals surface area contributed by atoms with Crippen LogP contribution in [0, 0.1) is 0 Å². The van der Waals surface area contributed by atoms with Crippen LogP contribution in [-0.2, 0) is 9.59 Å². The molecule has 0 saturated carbocycles. The summed E-state index contributed by atoms with van der Waals surface area (Å²) in [7, 11) is 0. The molecule has 1 aliphatic heterocycles. The average Bonchev–Trinajstić information content (AvgIpc) is 2.47. The summed E-state index contributed by atoms with van der Waals surface area (Å²) in [6, 6.07) is 0. The van der Waals surface area contributed by atoms with E-state index in [9.17, 15) is 9.59 Å². The normalized spacial score (nSPS) is 16.0. The van der Waals surface area contributed by atoms with Crippen LogP contribution in [-0.4, -0.2) is 60.9 Å². The number of nitrogens with zero attached hydrogens (tertiary/aromatic N) is 2. The van der Waals surface area contributed by atoms with E-state index in [1.165, 1.54) is 19.3 Å². The maximum atomic E-state index is 11.3. The molecule has 0 bridgehead atoms. The number of hydrogen-bond donors (Lipinski definition) is 1. The first kappa shape index (κ1) is 18.0. The number of unbranched alkanes of at least 4 members (excludes halogenated alkanes) is 3. The van der Waals surface area contributed by atoms with Crippen LogP contribution >= 0.6 is 0 Å². The number of piperazine rings is 1. The van der Waals surface area contributed by atoms with E-state index in [4.69, 9.17) is 0 Å². The standard InChI is InChI=1S/C16H31N3O2/c1-3-8-16(21)17-9-6-4-5-7-10-18-11-13-19(14-12-18)15(2)20/h3-14H2,1-2H3,(H,17,21). The average molecular weight is 297 g/mol. The molecular formula is C16H31N3O2. The minimum absolute atomic E-state index is 0.181. The molecule has 0 aromatic heterocycles. The van der Waals surface area contributed by atoms with Crippen molar-refractivity contribution in [2.45, 2.75) is 52.4 Å². The van der Waals surface area contributed by atoms with E-state index in [0.29, 0.717) is 6.42 Å². The van der Waals surface area contributed by atoms with Gasteiger partial charge in [-0.05, 0) is 25.8 Å². The van der Waals surface area contributed by atoms with E-state index >= 15 is 0 Å². The van der Waals surface area contributed by atoms with Gasteiger partial charge in [-0.1, -0.05) is 19.8 Å². The van der Waals surface area contributed by atoms with Crippen molar-refractivity contribution < 1.29 is 9.59 Å². The molecule has 0 spiro atoms. The van der Waals surface area contributed by atoms with E-state index in [2.05, 4.69) is 10.2 Å². The Kier molecular flexibility index (Phi) is 9.06. The van der Waals surface area contributed by atoms with Crippen molar-refractivity contribution in [3.8, 4) is 0 Å². The molecule has 5 nitrogen and oxygen atoms in total. The molecule has 122 valence electrons. The third-order valence-electron chi connectivity index (χ3n) is 4.02. The fourth-order valence-electron chi connectivity index (χ4n) is 2.64. The smallest absolute Gasteiger partial charge is 0.219 e. The highest BCUT2D eigenvalue weighted by Crippen LogP contribution is 2.06. The largest absolute Gasteiger partial charge is 0.356 e. The number of carbonyl (C=O) groups is 2. The monoisotopic (exact) mass is 297 g/mol. The van der Waals surface area contributed by atoms with Crippen LogP contribution in [0.1, 0.15) is 52.4 Å². The highest BCUT2D eigenvalue weighted by Gasteiger charge is 2.17. The van der Waals surface area contributed by atoms with Gasteiger partial charge in [-0.2, -0.15) is 0 Å². The van der Waals surface area contributed by atoms with Gasteiger partial charge in [-0.15, -0.1) is 0 Å². The Labute approximate surface area is 129 Å². The summed E-state index contributed by atoms with van der Waals surface area (Å²) in [6.45, 7) is 9.38. The van der Waals surface area contributed by atoms with Gasteiger partial charge in [-0.25, -0.2) is 0 Å². The number of nitrogens with one attached hydrogen (secondary N) is 1. The van der Waals surface area contributed by atoms with Crippen LogP contribution in [0.4, 0.5) is 0 Å². The Bertz CT molecular complexity index is 313. The lowest BCUT2D eigenvalue weighted by atomic mass is 10.1.